The van der Waals surface area contributed by atoms with Gasteiger partial charge < -0.3 is 145 Å². The fourth-order valence-electron chi connectivity index (χ4n) is 12.8. The number of nitrogen functional groups attached to an aromatic ring is 1. The van der Waals surface area contributed by atoms with Crippen molar-refractivity contribution in [3.63, 3.8) is 0 Å². The van der Waals surface area contributed by atoms with Crippen LogP contribution in [0.4, 0.5) is 23.0 Å². The Balaban J connectivity index is 0.000000149. The average Bonchev–Trinajstić information content (AvgIpc) is 1.61. The van der Waals surface area contributed by atoms with Gasteiger partial charge in [-0.1, -0.05) is 11.6 Å². The molecule has 5 saturated heterocycles. The molecular formula is C58H79ClN23O35P5. The van der Waals surface area contributed by atoms with Crippen LogP contribution in [0.15, 0.2) is 79.6 Å². The van der Waals surface area contributed by atoms with Crippen LogP contribution in [0.5, 0.6) is 0 Å². The molecule has 10 aromatic rings. The van der Waals surface area contributed by atoms with Gasteiger partial charge in [0.15, 0.2) is 64.9 Å². The van der Waals surface area contributed by atoms with E-state index in [9.17, 15) is 73.9 Å². The second-order valence-electron chi connectivity index (χ2n) is 26.7. The van der Waals surface area contributed by atoms with Crippen LogP contribution in [0.2, 0.25) is 5.02 Å². The molecule has 58 nitrogen and oxygen atoms in total. The van der Waals surface area contributed by atoms with Crippen molar-refractivity contribution >= 4 is 130 Å². The number of phosphoric acid groups is 5. The summed E-state index contributed by atoms with van der Waals surface area (Å²) in [5.41, 5.74) is 20.6. The van der Waals surface area contributed by atoms with Crippen LogP contribution in [0.25, 0.3) is 66.3 Å². The van der Waals surface area contributed by atoms with E-state index in [0.717, 1.165) is 15.9 Å². The van der Waals surface area contributed by atoms with Crippen molar-refractivity contribution in [2.75, 3.05) is 63.5 Å². The zero-order chi connectivity index (χ0) is 89.3. The highest BCUT2D eigenvalue weighted by Gasteiger charge is 2.51. The van der Waals surface area contributed by atoms with E-state index in [0.29, 0.717) is 44.2 Å². The number of aliphatic hydroxyl groups excluding tert-OH is 10. The van der Waals surface area contributed by atoms with Gasteiger partial charge in [0.2, 0.25) is 5.95 Å². The number of pyridine rings is 4. The molecule has 0 unspecified atom stereocenters. The number of halogens is 1. The second-order valence-corrected chi connectivity index (χ2v) is 33.3. The average molecular weight is 1850 g/mol. The van der Waals surface area contributed by atoms with E-state index in [1.54, 1.807) is 46.4 Å². The lowest BCUT2D eigenvalue weighted by Gasteiger charge is -2.18. The van der Waals surface area contributed by atoms with Gasteiger partial charge in [0, 0.05) is 50.3 Å². The van der Waals surface area contributed by atoms with Crippen molar-refractivity contribution in [1.82, 2.24) is 77.2 Å². The predicted octanol–water partition coefficient (Wildman–Crippen LogP) is -3.81. The number of fused-ring (bicyclic) bond motifs is 5. The second kappa shape index (κ2) is 38.3. The fourth-order valence-corrected chi connectivity index (χ4v) is 14.7. The van der Waals surface area contributed by atoms with Crippen molar-refractivity contribution in [2.45, 2.75) is 130 Å². The van der Waals surface area contributed by atoms with Crippen molar-refractivity contribution in [3.05, 3.63) is 101 Å². The molecule has 0 radical (unpaired) electrons. The van der Waals surface area contributed by atoms with E-state index < -0.39 is 195 Å². The van der Waals surface area contributed by atoms with E-state index in [1.807, 2.05) is 6.07 Å². The molecule has 5 fully saturated rings. The Hall–Kier alpha value is -8.22. The summed E-state index contributed by atoms with van der Waals surface area (Å²) in [7, 11) is -18.5. The maximum atomic E-state index is 10.8. The van der Waals surface area contributed by atoms with Crippen molar-refractivity contribution < 1.29 is 169 Å². The zero-order valence-corrected chi connectivity index (χ0v) is 68.0. The molecule has 5 aliphatic rings. The number of phosphoric ester groups is 5. The van der Waals surface area contributed by atoms with E-state index in [2.05, 4.69) is 93.1 Å². The van der Waals surface area contributed by atoms with E-state index in [1.165, 1.54) is 72.9 Å². The van der Waals surface area contributed by atoms with E-state index in [-0.39, 0.29) is 39.5 Å². The lowest BCUT2D eigenvalue weighted by atomic mass is 10.1. The topological polar surface area (TPSA) is 863 Å². The van der Waals surface area contributed by atoms with Crippen molar-refractivity contribution in [2.24, 2.45) is 12.2 Å². The van der Waals surface area contributed by atoms with Crippen LogP contribution in [0.3, 0.4) is 0 Å². The summed E-state index contributed by atoms with van der Waals surface area (Å²) in [4.78, 5) is 132. The van der Waals surface area contributed by atoms with Crippen molar-refractivity contribution in [1.29, 1.82) is 5.41 Å². The number of nitrogens with one attached hydrogen (secondary N) is 3. The number of rotatable bonds is 23. The van der Waals surface area contributed by atoms with Crippen molar-refractivity contribution in [3.8, 4) is 0 Å². The highest BCUT2D eigenvalue weighted by molar-refractivity contribution is 7.47. The summed E-state index contributed by atoms with van der Waals surface area (Å²) in [5.74, 6) is -0.222. The molecule has 0 saturated carbocycles. The van der Waals surface area contributed by atoms with Gasteiger partial charge in [0.25, 0.3) is 0 Å². The predicted molar refractivity (Wildman–Crippen MR) is 404 cm³/mol. The number of aryl methyl sites for hydroxylation is 2. The molecule has 25 N–H and O–H groups in total. The van der Waals surface area contributed by atoms with Gasteiger partial charge in [-0.15, -0.1) is 0 Å². The number of hydrogen-bond donors (Lipinski definition) is 24. The maximum absolute atomic E-state index is 10.8. The number of hydrogen-bond acceptors (Lipinski definition) is 40. The lowest BCUT2D eigenvalue weighted by molar-refractivity contribution is -0.0504. The Bertz CT molecular complexity index is 5740. The van der Waals surface area contributed by atoms with Gasteiger partial charge in [0.05, 0.1) is 86.8 Å². The minimum atomic E-state index is -4.80. The maximum Gasteiger partial charge on any atom is 0.469 e. The summed E-state index contributed by atoms with van der Waals surface area (Å²) in [6.45, 7) is -1.20. The minimum absolute atomic E-state index is 0.105. The Morgan fingerprint density at radius 2 is 0.795 bits per heavy atom. The number of ether oxygens (including phenoxy) is 5. The minimum Gasteiger partial charge on any atom is -0.397 e. The standard InChI is InChI=1S/C13H19N4O7P.C12H17N4O7P.C11H13ClN3O7P.C11H14N7O7P.C11H16N5O7P/c1-6-3-7(14-2)9-12(16-6)17(5-15-9)13-11(19)10(18)8(24-13)4-23-25(20,21)22;1-13-6-2-3-14-11-8(6)15-5-16(11)12-10(18)9(17)7(23-12)4-22-24(19,20)21;12-5-1-2-13-10-7(5)14-4-15(10)11-9(17)8(16)6(22-11)3-21-23(18,19)20;12-4-1-2-14-9-6(4)15-11(16-17-13)18(9)10-8(20)7(19)5(25-10)3-24-26(21,22)23;1-15-3-14-10-6(9(15)12)13-4-16(10)11-8(18)7(17)5(23-11)2-22-24(19,20)21/h3,5,8,10-11,13,18-19H,4H2,1-2H3,(H,14,16)(H2,20,21,22);2-3,5,7,9-10,12,17-18H,4H2,1H3,(H,13,14)(H2,19,20,21);1-2,4,6,8-9,11,16-17H,3H2,(H2,18,19,20);1-2,5,7-8,10,19-20H,3H2,(H2,12,14)(H2,21,22,23);3-5,7-8,11-12,17-18H,2H2,1H3,(H2,19,20,21)/t8-,10-,11-,13-;7-,9-,10-,12-;6-,8-,9-,11-;5-,7-,8-,10-;5-,7-,8-,11-/m11111/s1. The summed E-state index contributed by atoms with van der Waals surface area (Å²) in [6, 6.07) is 6.57. The number of azide groups is 1. The molecule has 122 heavy (non-hydrogen) atoms. The Kier molecular flexibility index (Phi) is 29.7. The Morgan fingerprint density at radius 1 is 0.459 bits per heavy atom. The van der Waals surface area contributed by atoms with Gasteiger partial charge in [-0.05, 0) is 41.8 Å². The summed E-state index contributed by atoms with van der Waals surface area (Å²) in [6.07, 6.45) is -14.1. The van der Waals surface area contributed by atoms with Crippen LogP contribution in [-0.2, 0) is 76.2 Å². The van der Waals surface area contributed by atoms with Gasteiger partial charge in [-0.2, -0.15) is 0 Å². The van der Waals surface area contributed by atoms with Crippen LogP contribution < -0.4 is 21.9 Å². The number of imidazole rings is 5. The summed E-state index contributed by atoms with van der Waals surface area (Å²) < 4.78 is 111. The molecule has 0 spiro atoms. The van der Waals surface area contributed by atoms with Gasteiger partial charge in [0.1, 0.15) is 119 Å². The molecule has 15 heterocycles. The van der Waals surface area contributed by atoms with Gasteiger partial charge in [-0.3, -0.25) is 50.9 Å². The van der Waals surface area contributed by atoms with Crippen LogP contribution >= 0.6 is 50.7 Å². The largest absolute Gasteiger partial charge is 0.469 e. The molecule has 64 heteroatoms. The van der Waals surface area contributed by atoms with Crippen LogP contribution in [0.1, 0.15) is 36.8 Å². The molecule has 5 aliphatic heterocycles. The fraction of sp³-hybridized carbons (Fsp3) is 0.500. The Labute approximate surface area is 685 Å². The number of anilines is 3. The van der Waals surface area contributed by atoms with E-state index >= 15 is 0 Å². The number of nitrogens with zero attached hydrogens (tertiary/aromatic N) is 19. The first-order valence-corrected chi connectivity index (χ1v) is 42.9. The third kappa shape index (κ3) is 21.6. The smallest absolute Gasteiger partial charge is 0.397 e. The first kappa shape index (κ1) is 94.5. The zero-order valence-electron chi connectivity index (χ0n) is 62.8. The van der Waals surface area contributed by atoms with Crippen LogP contribution in [-0.4, -0.2) is 316 Å². The number of aliphatic hydroxyl groups is 10. The van der Waals surface area contributed by atoms with Crippen LogP contribution in [0, 0.1) is 12.3 Å². The molecule has 0 aromatic carbocycles. The number of aromatic nitrogens is 16. The molecule has 0 amide bonds. The molecular weight excluding hydrogens is 1770 g/mol. The summed E-state index contributed by atoms with van der Waals surface area (Å²) in [5, 5.41) is 119. The first-order valence-electron chi connectivity index (χ1n) is 34.9. The third-order valence-electron chi connectivity index (χ3n) is 18.6. The van der Waals surface area contributed by atoms with Gasteiger partial charge in [-0.25, -0.2) is 72.7 Å². The molecule has 15 rings (SSSR count). The highest BCUT2D eigenvalue weighted by Crippen LogP contribution is 2.46. The molecule has 10 aromatic heterocycles. The Morgan fingerprint density at radius 3 is 1.20 bits per heavy atom. The quantitative estimate of drug-likeness (QED) is 0.0126. The van der Waals surface area contributed by atoms with E-state index in [4.69, 9.17) is 101 Å². The molecule has 0 bridgehead atoms. The first-order chi connectivity index (χ1) is 57.2. The molecule has 0 aliphatic carbocycles. The SMILES string of the molecule is CNc1cc(C)nc2c1ncn2[C@@H]1O[C@H](COP(=O)(O)O)[C@@H](O)[C@H]1O.CNc1ccnc2c1ncn2[C@@H]1O[C@H](COP(=O)(O)O)[C@@H](O)[C@H]1O.Cn1cnc2c(ncn2[C@@H]2O[C@H](COP(=O)(O)O)[C@@H](O)[C@H]2O)c1=N.O=P(O)(O)OC[C@H]1O[C@@H](n2cnc3c(Cl)ccnc32)[C@H](O)[C@@H]1O.[N-]=[N+]=Nc1nc2c(N)ccnc2n1[C@@H]1O[C@H](COP(=O)(O)O)[C@@H](O)[C@H]1O. The molecule has 20 atom stereocenters. The molecule has 668 valence electrons. The number of nitrogens with two attached hydrogens (primary N) is 1. The third-order valence-corrected chi connectivity index (χ3v) is 21.3. The summed E-state index contributed by atoms with van der Waals surface area (Å²) >= 11 is 6.00. The highest BCUT2D eigenvalue weighted by atomic mass is 35.5. The monoisotopic (exact) mass is 1850 g/mol. The normalized spacial score (nSPS) is 27.5. The lowest BCUT2D eigenvalue weighted by Crippen LogP contribution is -2.33. The van der Waals surface area contributed by atoms with Gasteiger partial charge >= 0.3 is 39.1 Å².